The van der Waals surface area contributed by atoms with Crippen LogP contribution in [0.1, 0.15) is 19.3 Å². The minimum atomic E-state index is 0.0441. The second-order valence-electron chi connectivity index (χ2n) is 4.49. The molecule has 1 saturated heterocycles. The van der Waals surface area contributed by atoms with E-state index in [4.69, 9.17) is 5.11 Å². The highest BCUT2D eigenvalue weighted by atomic mass is 16.3. The Bertz CT molecular complexity index is 370. The van der Waals surface area contributed by atoms with Gasteiger partial charge in [-0.05, 0) is 56.1 Å². The van der Waals surface area contributed by atoms with Gasteiger partial charge in [-0.3, -0.25) is 4.79 Å². The van der Waals surface area contributed by atoms with Crippen LogP contribution in [0, 0.1) is 5.92 Å². The molecule has 1 aromatic rings. The molecule has 0 aromatic heterocycles. The van der Waals surface area contributed by atoms with Gasteiger partial charge in [0.2, 0.25) is 5.91 Å². The van der Waals surface area contributed by atoms with Gasteiger partial charge in [0.1, 0.15) is 5.75 Å². The Morgan fingerprint density at radius 3 is 2.82 bits per heavy atom. The lowest BCUT2D eigenvalue weighted by Gasteiger charge is -2.08. The van der Waals surface area contributed by atoms with Crippen LogP contribution >= 0.6 is 0 Å². The van der Waals surface area contributed by atoms with E-state index in [1.165, 1.54) is 6.42 Å². The maximum absolute atomic E-state index is 11.7. The molecule has 3 N–H and O–H groups in total. The van der Waals surface area contributed by atoms with Gasteiger partial charge in [0.15, 0.2) is 0 Å². The van der Waals surface area contributed by atoms with Crippen LogP contribution in [0.5, 0.6) is 5.75 Å². The van der Waals surface area contributed by atoms with Crippen LogP contribution in [0.2, 0.25) is 0 Å². The lowest BCUT2D eigenvalue weighted by molar-refractivity contribution is -0.116. The van der Waals surface area contributed by atoms with Gasteiger partial charge in [0, 0.05) is 12.1 Å². The van der Waals surface area contributed by atoms with Gasteiger partial charge < -0.3 is 15.7 Å². The average molecular weight is 234 g/mol. The highest BCUT2D eigenvalue weighted by molar-refractivity contribution is 5.90. The fraction of sp³-hybridized carbons (Fsp3) is 0.462. The molecule has 17 heavy (non-hydrogen) atoms. The molecule has 1 unspecified atom stereocenters. The fourth-order valence-electron chi connectivity index (χ4n) is 2.06. The van der Waals surface area contributed by atoms with Crippen molar-refractivity contribution in [2.24, 2.45) is 5.92 Å². The molecule has 1 aliphatic rings. The molecule has 0 saturated carbocycles. The molecular formula is C13H18N2O2. The molecule has 0 radical (unpaired) electrons. The summed E-state index contributed by atoms with van der Waals surface area (Å²) in [6.07, 6.45) is 2.68. The van der Waals surface area contributed by atoms with Gasteiger partial charge in [0.05, 0.1) is 0 Å². The summed E-state index contributed by atoms with van der Waals surface area (Å²) in [6, 6.07) is 6.53. The molecule has 4 nitrogen and oxygen atoms in total. The molecule has 92 valence electrons. The quantitative estimate of drug-likeness (QED) is 0.695. The first-order chi connectivity index (χ1) is 8.24. The van der Waals surface area contributed by atoms with Crippen LogP contribution in [0.25, 0.3) is 0 Å². The zero-order valence-electron chi connectivity index (χ0n) is 9.78. The van der Waals surface area contributed by atoms with E-state index >= 15 is 0 Å². The molecule has 1 aromatic carbocycles. The van der Waals surface area contributed by atoms with E-state index in [-0.39, 0.29) is 11.7 Å². The van der Waals surface area contributed by atoms with Gasteiger partial charge >= 0.3 is 0 Å². The van der Waals surface area contributed by atoms with E-state index in [0.29, 0.717) is 12.3 Å². The Morgan fingerprint density at radius 1 is 1.41 bits per heavy atom. The van der Waals surface area contributed by atoms with Gasteiger partial charge in [0.25, 0.3) is 0 Å². The third kappa shape index (κ3) is 3.75. The number of phenolic OH excluding ortho intramolecular Hbond substituents is 1. The molecule has 1 aliphatic heterocycles. The number of amides is 1. The first kappa shape index (κ1) is 11.9. The fourth-order valence-corrected chi connectivity index (χ4v) is 2.06. The van der Waals surface area contributed by atoms with Crippen molar-refractivity contribution in [1.29, 1.82) is 0 Å². The van der Waals surface area contributed by atoms with Crippen molar-refractivity contribution in [3.05, 3.63) is 24.3 Å². The Labute approximate surface area is 101 Å². The van der Waals surface area contributed by atoms with E-state index < -0.39 is 0 Å². The number of hydrogen-bond acceptors (Lipinski definition) is 3. The van der Waals surface area contributed by atoms with Crippen molar-refractivity contribution in [3.63, 3.8) is 0 Å². The Hall–Kier alpha value is -1.55. The summed E-state index contributed by atoms with van der Waals surface area (Å²) in [5, 5.41) is 15.2. The summed E-state index contributed by atoms with van der Waals surface area (Å²) >= 11 is 0. The van der Waals surface area contributed by atoms with E-state index in [1.54, 1.807) is 24.3 Å². The van der Waals surface area contributed by atoms with Crippen molar-refractivity contribution >= 4 is 11.6 Å². The van der Waals surface area contributed by atoms with Crippen molar-refractivity contribution < 1.29 is 9.90 Å². The maximum atomic E-state index is 11.7. The van der Waals surface area contributed by atoms with Crippen LogP contribution in [0.3, 0.4) is 0 Å². The first-order valence-electron chi connectivity index (χ1n) is 6.03. The predicted molar refractivity (Wildman–Crippen MR) is 66.9 cm³/mol. The average Bonchev–Trinajstić information content (AvgIpc) is 2.83. The van der Waals surface area contributed by atoms with Crippen LogP contribution in [-0.4, -0.2) is 24.1 Å². The molecule has 4 heteroatoms. The summed E-state index contributed by atoms with van der Waals surface area (Å²) in [7, 11) is 0. The summed E-state index contributed by atoms with van der Waals surface area (Å²) in [5.41, 5.74) is 0.734. The van der Waals surface area contributed by atoms with Crippen LogP contribution in [0.4, 0.5) is 5.69 Å². The van der Waals surface area contributed by atoms with Gasteiger partial charge in [-0.2, -0.15) is 0 Å². The Morgan fingerprint density at radius 2 is 2.18 bits per heavy atom. The third-order valence-corrected chi connectivity index (χ3v) is 3.09. The normalized spacial score (nSPS) is 19.2. The van der Waals surface area contributed by atoms with E-state index in [9.17, 15) is 4.79 Å². The van der Waals surface area contributed by atoms with Crippen molar-refractivity contribution in [2.45, 2.75) is 19.3 Å². The highest BCUT2D eigenvalue weighted by Crippen LogP contribution is 2.16. The number of carbonyl (C=O) groups excluding carboxylic acids is 1. The molecular weight excluding hydrogens is 216 g/mol. The Kier molecular flexibility index (Phi) is 3.98. The summed E-state index contributed by atoms with van der Waals surface area (Å²) in [6.45, 7) is 2.11. The zero-order chi connectivity index (χ0) is 12.1. The smallest absolute Gasteiger partial charge is 0.224 e. The van der Waals surface area contributed by atoms with Crippen molar-refractivity contribution in [1.82, 2.24) is 5.32 Å². The maximum Gasteiger partial charge on any atom is 0.224 e. The molecule has 0 aliphatic carbocycles. The van der Waals surface area contributed by atoms with E-state index in [2.05, 4.69) is 10.6 Å². The summed E-state index contributed by atoms with van der Waals surface area (Å²) in [5.74, 6) is 0.892. The highest BCUT2D eigenvalue weighted by Gasteiger charge is 2.15. The number of phenols is 1. The number of nitrogens with one attached hydrogen (secondary N) is 2. The first-order valence-corrected chi connectivity index (χ1v) is 6.03. The zero-order valence-corrected chi connectivity index (χ0v) is 9.78. The number of rotatable bonds is 4. The monoisotopic (exact) mass is 234 g/mol. The molecule has 0 bridgehead atoms. The minimum absolute atomic E-state index is 0.0441. The van der Waals surface area contributed by atoms with Gasteiger partial charge in [-0.25, -0.2) is 0 Å². The number of anilines is 1. The molecule has 1 fully saturated rings. The lowest BCUT2D eigenvalue weighted by atomic mass is 10.0. The van der Waals surface area contributed by atoms with Crippen LogP contribution < -0.4 is 10.6 Å². The second-order valence-corrected chi connectivity index (χ2v) is 4.49. The minimum Gasteiger partial charge on any atom is -0.508 e. The molecule has 1 amide bonds. The number of carbonyl (C=O) groups is 1. The van der Waals surface area contributed by atoms with E-state index in [1.807, 2.05) is 0 Å². The number of benzene rings is 1. The summed E-state index contributed by atoms with van der Waals surface area (Å²) < 4.78 is 0. The molecule has 1 atom stereocenters. The standard InChI is InChI=1S/C13H18N2O2/c16-12-4-2-11(3-5-12)15-13(17)6-1-10-7-8-14-9-10/h2-5,10,14,16H,1,6-9H2,(H,15,17). The third-order valence-electron chi connectivity index (χ3n) is 3.09. The lowest BCUT2D eigenvalue weighted by Crippen LogP contribution is -2.14. The topological polar surface area (TPSA) is 61.4 Å². The predicted octanol–water partition coefficient (Wildman–Crippen LogP) is 1.72. The second kappa shape index (κ2) is 5.68. The number of hydrogen-bond donors (Lipinski definition) is 3. The molecule has 1 heterocycles. The van der Waals surface area contributed by atoms with E-state index in [0.717, 1.165) is 25.2 Å². The van der Waals surface area contributed by atoms with Crippen molar-refractivity contribution in [2.75, 3.05) is 18.4 Å². The van der Waals surface area contributed by atoms with Crippen molar-refractivity contribution in [3.8, 4) is 5.75 Å². The summed E-state index contributed by atoms with van der Waals surface area (Å²) in [4.78, 5) is 11.7. The largest absolute Gasteiger partial charge is 0.508 e. The SMILES string of the molecule is O=C(CCC1CCNC1)Nc1ccc(O)cc1. The van der Waals surface area contributed by atoms with Gasteiger partial charge in [-0.1, -0.05) is 0 Å². The Balaban J connectivity index is 1.74. The van der Waals surface area contributed by atoms with Gasteiger partial charge in [-0.15, -0.1) is 0 Å². The molecule has 2 rings (SSSR count). The number of aromatic hydroxyl groups is 1. The van der Waals surface area contributed by atoms with Crippen LogP contribution in [0.15, 0.2) is 24.3 Å². The molecule has 0 spiro atoms. The van der Waals surface area contributed by atoms with Crippen LogP contribution in [-0.2, 0) is 4.79 Å².